The number of carbonyl (C=O) groups is 2. The van der Waals surface area contributed by atoms with Gasteiger partial charge in [-0.3, -0.25) is 0 Å². The van der Waals surface area contributed by atoms with E-state index in [1.807, 2.05) is 0 Å². The number of aliphatic carboxylic acids is 1. The molecule has 3 N–H and O–H groups in total. The minimum atomic E-state index is -1.11. The number of aliphatic hydroxyl groups excluding tert-OH is 1. The maximum Gasteiger partial charge on any atom is 0.326 e. The third-order valence-electron chi connectivity index (χ3n) is 3.52. The van der Waals surface area contributed by atoms with E-state index in [1.54, 1.807) is 4.90 Å². The predicted octanol–water partition coefficient (Wildman–Crippen LogP) is 1.19. The second-order valence-electron chi connectivity index (χ2n) is 4.98. The van der Waals surface area contributed by atoms with Crippen LogP contribution < -0.4 is 5.32 Å². The highest BCUT2D eigenvalue weighted by Gasteiger charge is 2.28. The minimum Gasteiger partial charge on any atom is -0.480 e. The van der Waals surface area contributed by atoms with Gasteiger partial charge < -0.3 is 20.4 Å². The first-order valence-electron chi connectivity index (χ1n) is 7.01. The molecular weight excluding hydrogens is 248 g/mol. The van der Waals surface area contributed by atoms with Crippen LogP contribution in [0.2, 0.25) is 0 Å². The molecule has 1 rings (SSSR count). The summed E-state index contributed by atoms with van der Waals surface area (Å²) in [6, 6.07) is -1.12. The fraction of sp³-hybridized carbons (Fsp3) is 0.846. The molecule has 2 unspecified atom stereocenters. The molecule has 1 heterocycles. The van der Waals surface area contributed by atoms with Crippen molar-refractivity contribution < 1.29 is 19.8 Å². The average molecular weight is 272 g/mol. The molecule has 110 valence electrons. The molecule has 19 heavy (non-hydrogen) atoms. The number of hydrogen-bond acceptors (Lipinski definition) is 3. The summed E-state index contributed by atoms with van der Waals surface area (Å²) in [5.41, 5.74) is 0. The Morgan fingerprint density at radius 1 is 1.42 bits per heavy atom. The third kappa shape index (κ3) is 4.70. The number of rotatable bonds is 6. The summed E-state index contributed by atoms with van der Waals surface area (Å²) in [6.07, 6.45) is 5.06. The number of nitrogens with one attached hydrogen (secondary N) is 1. The molecule has 1 aliphatic heterocycles. The lowest BCUT2D eigenvalue weighted by atomic mass is 9.98. The summed E-state index contributed by atoms with van der Waals surface area (Å²) >= 11 is 0. The van der Waals surface area contributed by atoms with Crippen LogP contribution in [0.25, 0.3) is 0 Å². The number of carboxylic acid groups (broad SMARTS) is 1. The van der Waals surface area contributed by atoms with Gasteiger partial charge >= 0.3 is 12.0 Å². The molecule has 2 amide bonds. The molecule has 1 saturated heterocycles. The lowest BCUT2D eigenvalue weighted by Gasteiger charge is -2.36. The van der Waals surface area contributed by atoms with E-state index in [9.17, 15) is 9.59 Å². The molecule has 0 aromatic heterocycles. The van der Waals surface area contributed by atoms with Gasteiger partial charge in [-0.2, -0.15) is 0 Å². The van der Waals surface area contributed by atoms with Crippen molar-refractivity contribution >= 4 is 12.0 Å². The Hall–Kier alpha value is -1.30. The van der Waals surface area contributed by atoms with Crippen LogP contribution in [0, 0.1) is 0 Å². The number of hydrogen-bond donors (Lipinski definition) is 3. The van der Waals surface area contributed by atoms with Gasteiger partial charge in [0, 0.05) is 25.6 Å². The van der Waals surface area contributed by atoms with Crippen LogP contribution in [-0.2, 0) is 4.79 Å². The van der Waals surface area contributed by atoms with Crippen molar-refractivity contribution in [2.45, 2.75) is 57.5 Å². The van der Waals surface area contributed by atoms with Crippen molar-refractivity contribution in [3.05, 3.63) is 0 Å². The molecule has 0 radical (unpaired) electrons. The van der Waals surface area contributed by atoms with Crippen LogP contribution in [-0.4, -0.2) is 52.3 Å². The van der Waals surface area contributed by atoms with Gasteiger partial charge in [-0.15, -0.1) is 0 Å². The number of urea groups is 1. The Morgan fingerprint density at radius 3 is 2.74 bits per heavy atom. The van der Waals surface area contributed by atoms with Crippen molar-refractivity contribution in [3.8, 4) is 0 Å². The van der Waals surface area contributed by atoms with Crippen molar-refractivity contribution in [1.29, 1.82) is 0 Å². The van der Waals surface area contributed by atoms with Gasteiger partial charge in [-0.1, -0.05) is 13.3 Å². The highest BCUT2D eigenvalue weighted by Crippen LogP contribution is 2.20. The van der Waals surface area contributed by atoms with Crippen LogP contribution in [0.1, 0.15) is 45.4 Å². The first-order valence-corrected chi connectivity index (χ1v) is 7.01. The summed E-state index contributed by atoms with van der Waals surface area (Å²) in [5, 5.41) is 20.3. The fourth-order valence-electron chi connectivity index (χ4n) is 2.52. The van der Waals surface area contributed by atoms with E-state index in [0.29, 0.717) is 6.54 Å². The summed E-state index contributed by atoms with van der Waals surface area (Å²) in [5.74, 6) is -1.11. The van der Waals surface area contributed by atoms with E-state index in [-0.39, 0.29) is 25.1 Å². The number of aliphatic hydroxyl groups is 1. The molecule has 0 bridgehead atoms. The molecule has 0 saturated carbocycles. The van der Waals surface area contributed by atoms with Crippen LogP contribution in [0.3, 0.4) is 0 Å². The maximum atomic E-state index is 12.1. The van der Waals surface area contributed by atoms with Gasteiger partial charge in [0.2, 0.25) is 0 Å². The molecule has 0 aromatic carbocycles. The SMILES string of the molecule is CCCC1CCCCN1C(=O)NC(CCO)C(=O)O. The van der Waals surface area contributed by atoms with E-state index in [2.05, 4.69) is 12.2 Å². The van der Waals surface area contributed by atoms with Crippen LogP contribution in [0.5, 0.6) is 0 Å². The standard InChI is InChI=1S/C13H24N2O4/c1-2-5-10-6-3-4-8-15(10)13(19)14-11(7-9-16)12(17)18/h10-11,16H,2-9H2,1H3,(H,14,19)(H,17,18). The number of carbonyl (C=O) groups excluding carboxylic acids is 1. The lowest BCUT2D eigenvalue weighted by molar-refractivity contribution is -0.139. The zero-order chi connectivity index (χ0) is 14.3. The lowest BCUT2D eigenvalue weighted by Crippen LogP contribution is -2.53. The Balaban J connectivity index is 2.60. The maximum absolute atomic E-state index is 12.1. The van der Waals surface area contributed by atoms with Crippen molar-refractivity contribution in [2.24, 2.45) is 0 Å². The molecule has 1 fully saturated rings. The minimum absolute atomic E-state index is 0.0351. The number of piperidine rings is 1. The van der Waals surface area contributed by atoms with Crippen LogP contribution >= 0.6 is 0 Å². The Labute approximate surface area is 113 Å². The van der Waals surface area contributed by atoms with E-state index < -0.39 is 12.0 Å². The summed E-state index contributed by atoms with van der Waals surface area (Å²) in [4.78, 5) is 24.9. The summed E-state index contributed by atoms with van der Waals surface area (Å²) < 4.78 is 0. The van der Waals surface area contributed by atoms with Crippen molar-refractivity contribution in [1.82, 2.24) is 10.2 Å². The second-order valence-corrected chi connectivity index (χ2v) is 4.98. The Kier molecular flexibility index (Phi) is 6.62. The van der Waals surface area contributed by atoms with Crippen molar-refractivity contribution in [3.63, 3.8) is 0 Å². The Bertz CT molecular complexity index is 307. The summed E-state index contributed by atoms with van der Waals surface area (Å²) in [6.45, 7) is 2.51. The van der Waals surface area contributed by atoms with Crippen molar-refractivity contribution in [2.75, 3.05) is 13.2 Å². The molecule has 0 spiro atoms. The number of likely N-dealkylation sites (tertiary alicyclic amines) is 1. The topological polar surface area (TPSA) is 89.9 Å². The van der Waals surface area contributed by atoms with E-state index in [4.69, 9.17) is 10.2 Å². The van der Waals surface area contributed by atoms with Gasteiger partial charge in [0.1, 0.15) is 6.04 Å². The molecule has 0 aliphatic carbocycles. The highest BCUT2D eigenvalue weighted by molar-refractivity contribution is 5.82. The highest BCUT2D eigenvalue weighted by atomic mass is 16.4. The van der Waals surface area contributed by atoms with E-state index >= 15 is 0 Å². The predicted molar refractivity (Wildman–Crippen MR) is 70.9 cm³/mol. The number of amides is 2. The van der Waals surface area contributed by atoms with Gasteiger partial charge in [-0.05, 0) is 25.7 Å². The number of carboxylic acids is 1. The molecule has 1 aliphatic rings. The largest absolute Gasteiger partial charge is 0.480 e. The zero-order valence-corrected chi connectivity index (χ0v) is 11.5. The van der Waals surface area contributed by atoms with Gasteiger partial charge in [-0.25, -0.2) is 9.59 Å². The fourth-order valence-corrected chi connectivity index (χ4v) is 2.52. The van der Waals surface area contributed by atoms with E-state index in [0.717, 1.165) is 32.1 Å². The monoisotopic (exact) mass is 272 g/mol. The Morgan fingerprint density at radius 2 is 2.16 bits per heavy atom. The normalized spacial score (nSPS) is 20.9. The average Bonchev–Trinajstić information content (AvgIpc) is 2.39. The first kappa shape index (κ1) is 15.8. The van der Waals surface area contributed by atoms with E-state index in [1.165, 1.54) is 0 Å². The van der Waals surface area contributed by atoms with Gasteiger partial charge in [0.15, 0.2) is 0 Å². The molecule has 6 heteroatoms. The van der Waals surface area contributed by atoms with Gasteiger partial charge in [0.05, 0.1) is 0 Å². The molecule has 2 atom stereocenters. The van der Waals surface area contributed by atoms with Crippen LogP contribution in [0.4, 0.5) is 4.79 Å². The smallest absolute Gasteiger partial charge is 0.326 e. The molecular formula is C13H24N2O4. The molecule has 6 nitrogen and oxygen atoms in total. The molecule has 0 aromatic rings. The van der Waals surface area contributed by atoms with Crippen LogP contribution in [0.15, 0.2) is 0 Å². The quantitative estimate of drug-likeness (QED) is 0.677. The van der Waals surface area contributed by atoms with Gasteiger partial charge in [0.25, 0.3) is 0 Å². The number of nitrogens with zero attached hydrogens (tertiary/aromatic N) is 1. The second kappa shape index (κ2) is 7.99. The third-order valence-corrected chi connectivity index (χ3v) is 3.52. The first-order chi connectivity index (χ1) is 9.10. The zero-order valence-electron chi connectivity index (χ0n) is 11.5. The summed E-state index contributed by atoms with van der Waals surface area (Å²) in [7, 11) is 0.